The Kier molecular flexibility index (Phi) is 5.24. The number of rotatable bonds is 4. The zero-order valence-corrected chi connectivity index (χ0v) is 16.3. The van der Waals surface area contributed by atoms with E-state index in [0.717, 1.165) is 12.3 Å². The van der Waals surface area contributed by atoms with Crippen LogP contribution in [-0.2, 0) is 9.84 Å². The second-order valence-corrected chi connectivity index (χ2v) is 8.87. The van der Waals surface area contributed by atoms with Gasteiger partial charge in [-0.1, -0.05) is 18.2 Å². The highest BCUT2D eigenvalue weighted by atomic mass is 32.2. The summed E-state index contributed by atoms with van der Waals surface area (Å²) in [6.45, 7) is 1.50. The molecule has 0 aliphatic carbocycles. The fourth-order valence-corrected chi connectivity index (χ4v) is 4.31. The highest BCUT2D eigenvalue weighted by Crippen LogP contribution is 2.39. The molecule has 0 saturated heterocycles. The molecule has 0 aliphatic rings. The van der Waals surface area contributed by atoms with Gasteiger partial charge in [-0.25, -0.2) is 12.8 Å². The molecule has 0 amide bonds. The van der Waals surface area contributed by atoms with Crippen molar-refractivity contribution in [2.45, 2.75) is 18.2 Å². The number of halogens is 4. The predicted molar refractivity (Wildman–Crippen MR) is 99.7 cm³/mol. The highest BCUT2D eigenvalue weighted by Gasteiger charge is 2.32. The molecule has 0 radical (unpaired) electrons. The van der Waals surface area contributed by atoms with Gasteiger partial charge in [-0.3, -0.25) is 0 Å². The van der Waals surface area contributed by atoms with Crippen LogP contribution in [0.3, 0.4) is 0 Å². The minimum Gasteiger partial charge on any atom is -0.405 e. The number of hydrogen-bond donors (Lipinski definition) is 0. The van der Waals surface area contributed by atoms with Crippen LogP contribution in [0.25, 0.3) is 22.3 Å². The standard InChI is InChI=1S/C19H14F4O3S2/c1-11-3-4-13(8-17(11)26-19(21,22)23)15-10-27-9-14(15)12-5-6-18(16(20)7-12)28(2,24)25/h3-10H,1-2H3. The first-order chi connectivity index (χ1) is 13.0. The van der Waals surface area contributed by atoms with Crippen LogP contribution in [0.1, 0.15) is 5.56 Å². The summed E-state index contributed by atoms with van der Waals surface area (Å²) in [6.07, 6.45) is -3.90. The van der Waals surface area contributed by atoms with E-state index in [1.165, 1.54) is 42.5 Å². The van der Waals surface area contributed by atoms with Gasteiger partial charge in [0.25, 0.3) is 0 Å². The minimum absolute atomic E-state index is 0.319. The molecule has 3 aromatic rings. The Hall–Kier alpha value is -2.39. The molecular formula is C19H14F4O3S2. The maximum atomic E-state index is 14.3. The third-order valence-electron chi connectivity index (χ3n) is 4.03. The number of ether oxygens (including phenoxy) is 1. The lowest BCUT2D eigenvalue weighted by Gasteiger charge is -2.13. The van der Waals surface area contributed by atoms with Crippen molar-refractivity contribution in [3.63, 3.8) is 0 Å². The number of thiophene rings is 1. The topological polar surface area (TPSA) is 43.4 Å². The van der Waals surface area contributed by atoms with Crippen LogP contribution in [0.15, 0.2) is 52.1 Å². The monoisotopic (exact) mass is 430 g/mol. The first-order valence-electron chi connectivity index (χ1n) is 7.88. The van der Waals surface area contributed by atoms with Crippen molar-refractivity contribution in [3.8, 4) is 28.0 Å². The molecule has 0 N–H and O–H groups in total. The van der Waals surface area contributed by atoms with Crippen molar-refractivity contribution >= 4 is 21.2 Å². The quantitative estimate of drug-likeness (QED) is 0.489. The van der Waals surface area contributed by atoms with Gasteiger partial charge >= 0.3 is 6.36 Å². The van der Waals surface area contributed by atoms with Gasteiger partial charge in [0.2, 0.25) is 0 Å². The van der Waals surface area contributed by atoms with Crippen LogP contribution >= 0.6 is 11.3 Å². The van der Waals surface area contributed by atoms with E-state index in [2.05, 4.69) is 4.74 Å². The van der Waals surface area contributed by atoms with Gasteiger partial charge in [0, 0.05) is 17.4 Å². The van der Waals surface area contributed by atoms with Crippen LogP contribution in [0.5, 0.6) is 5.75 Å². The molecule has 1 heterocycles. The average Bonchev–Trinajstić information content (AvgIpc) is 3.04. The second-order valence-electron chi connectivity index (χ2n) is 6.14. The van der Waals surface area contributed by atoms with Crippen molar-refractivity contribution in [1.82, 2.24) is 0 Å². The SMILES string of the molecule is Cc1ccc(-c2cscc2-c2ccc(S(C)(=O)=O)c(F)c2)cc1OC(F)(F)F. The van der Waals surface area contributed by atoms with Gasteiger partial charge in [0.05, 0.1) is 0 Å². The van der Waals surface area contributed by atoms with Gasteiger partial charge in [0.1, 0.15) is 16.5 Å². The molecule has 0 saturated carbocycles. The molecule has 3 rings (SSSR count). The molecule has 0 atom stereocenters. The molecule has 28 heavy (non-hydrogen) atoms. The normalized spacial score (nSPS) is 12.2. The lowest BCUT2D eigenvalue weighted by Crippen LogP contribution is -2.17. The lowest BCUT2D eigenvalue weighted by molar-refractivity contribution is -0.274. The summed E-state index contributed by atoms with van der Waals surface area (Å²) in [6, 6.07) is 8.16. The van der Waals surface area contributed by atoms with Crippen LogP contribution in [-0.4, -0.2) is 21.0 Å². The molecule has 148 valence electrons. The summed E-state index contributed by atoms with van der Waals surface area (Å²) in [5, 5.41) is 3.44. The zero-order valence-electron chi connectivity index (χ0n) is 14.7. The van der Waals surface area contributed by atoms with Crippen molar-refractivity contribution in [3.05, 3.63) is 58.5 Å². The minimum atomic E-state index is -4.81. The predicted octanol–water partition coefficient (Wildman–Crippen LogP) is 5.83. The molecule has 0 spiro atoms. The molecule has 1 aromatic heterocycles. The van der Waals surface area contributed by atoms with E-state index < -0.39 is 26.9 Å². The van der Waals surface area contributed by atoms with E-state index in [-0.39, 0.29) is 5.75 Å². The number of alkyl halides is 3. The van der Waals surface area contributed by atoms with Gasteiger partial charge in [-0.05, 0) is 52.6 Å². The van der Waals surface area contributed by atoms with E-state index in [1.807, 2.05) is 0 Å². The molecule has 2 aromatic carbocycles. The van der Waals surface area contributed by atoms with Gasteiger partial charge in [-0.2, -0.15) is 11.3 Å². The molecule has 9 heteroatoms. The smallest absolute Gasteiger partial charge is 0.405 e. The third kappa shape index (κ3) is 4.36. The van der Waals surface area contributed by atoms with E-state index in [9.17, 15) is 26.0 Å². The molecule has 0 unspecified atom stereocenters. The largest absolute Gasteiger partial charge is 0.573 e. The van der Waals surface area contributed by atoms with Crippen molar-refractivity contribution in [2.75, 3.05) is 6.26 Å². The van der Waals surface area contributed by atoms with Crippen LogP contribution in [0.4, 0.5) is 17.6 Å². The van der Waals surface area contributed by atoms with Crippen LogP contribution < -0.4 is 4.74 Å². The number of benzene rings is 2. The Morgan fingerprint density at radius 1 is 0.964 bits per heavy atom. The third-order valence-corrected chi connectivity index (χ3v) is 5.90. The molecule has 3 nitrogen and oxygen atoms in total. The average molecular weight is 430 g/mol. The Labute approximate surface area is 163 Å². The van der Waals surface area contributed by atoms with Crippen molar-refractivity contribution in [2.24, 2.45) is 0 Å². The highest BCUT2D eigenvalue weighted by molar-refractivity contribution is 7.90. The fraction of sp³-hybridized carbons (Fsp3) is 0.158. The van der Waals surface area contributed by atoms with Crippen molar-refractivity contribution in [1.29, 1.82) is 0 Å². The van der Waals surface area contributed by atoms with Gasteiger partial charge < -0.3 is 4.74 Å². The van der Waals surface area contributed by atoms with Crippen molar-refractivity contribution < 1.29 is 30.7 Å². The summed E-state index contributed by atoms with van der Waals surface area (Å²) in [7, 11) is -3.70. The summed E-state index contributed by atoms with van der Waals surface area (Å²) in [5.41, 5.74) is 2.37. The second kappa shape index (κ2) is 7.21. The van der Waals surface area contributed by atoms with E-state index in [0.29, 0.717) is 27.8 Å². The molecule has 0 fully saturated rings. The van der Waals surface area contributed by atoms with Gasteiger partial charge in [-0.15, -0.1) is 13.2 Å². The van der Waals surface area contributed by atoms with E-state index >= 15 is 0 Å². The zero-order chi connectivity index (χ0) is 20.7. The Morgan fingerprint density at radius 2 is 1.54 bits per heavy atom. The first kappa shape index (κ1) is 20.3. The van der Waals surface area contributed by atoms with Crippen LogP contribution in [0, 0.1) is 12.7 Å². The maximum Gasteiger partial charge on any atom is 0.573 e. The van der Waals surface area contributed by atoms with Gasteiger partial charge in [0.15, 0.2) is 9.84 Å². The number of hydrogen-bond acceptors (Lipinski definition) is 4. The Balaban J connectivity index is 2.06. The fourth-order valence-electron chi connectivity index (χ4n) is 2.72. The summed E-state index contributed by atoms with van der Waals surface area (Å²) in [4.78, 5) is -0.413. The summed E-state index contributed by atoms with van der Waals surface area (Å²) in [5.74, 6) is -1.21. The summed E-state index contributed by atoms with van der Waals surface area (Å²) < 4.78 is 79.3. The summed E-state index contributed by atoms with van der Waals surface area (Å²) >= 11 is 1.29. The molecule has 0 aliphatic heterocycles. The lowest BCUT2D eigenvalue weighted by atomic mass is 9.98. The molecule has 0 bridgehead atoms. The van der Waals surface area contributed by atoms with E-state index in [4.69, 9.17) is 0 Å². The maximum absolute atomic E-state index is 14.3. The molecular weight excluding hydrogens is 416 g/mol. The number of sulfone groups is 1. The Morgan fingerprint density at radius 3 is 2.07 bits per heavy atom. The van der Waals surface area contributed by atoms with Crippen LogP contribution in [0.2, 0.25) is 0 Å². The Bertz CT molecular complexity index is 1130. The number of aryl methyl sites for hydroxylation is 1. The van der Waals surface area contributed by atoms with E-state index in [1.54, 1.807) is 16.8 Å². The first-order valence-corrected chi connectivity index (χ1v) is 10.7.